The minimum Gasteiger partial charge on any atom is -0.507 e. The van der Waals surface area contributed by atoms with Crippen LogP contribution in [-0.2, 0) is 14.3 Å². The zero-order valence-electron chi connectivity index (χ0n) is 18.9. The molecule has 0 spiro atoms. The summed E-state index contributed by atoms with van der Waals surface area (Å²) in [6, 6.07) is 19.9. The van der Waals surface area contributed by atoms with Crippen LogP contribution in [0, 0.1) is 6.92 Å². The summed E-state index contributed by atoms with van der Waals surface area (Å²) in [5.41, 5.74) is 3.01. The normalized spacial score (nSPS) is 17.2. The van der Waals surface area contributed by atoms with Crippen LogP contribution in [0.25, 0.3) is 16.0 Å². The standard InChI is InChI=1S/C27H20N2O5S/c1-15-8-13-19-20(14-15)35-27(28-19)29-22(16-9-11-18(12-10-16)26(33)34-2)21(24(31)25(29)32)23(30)17-6-4-3-5-7-17/h3-14,22,30H,1-2H3/t22-/m0/s1. The summed E-state index contributed by atoms with van der Waals surface area (Å²) >= 11 is 1.30. The van der Waals surface area contributed by atoms with Gasteiger partial charge in [0.05, 0.1) is 34.5 Å². The maximum atomic E-state index is 13.3. The number of fused-ring (bicyclic) bond motifs is 1. The van der Waals surface area contributed by atoms with Gasteiger partial charge < -0.3 is 9.84 Å². The van der Waals surface area contributed by atoms with Crippen molar-refractivity contribution in [3.05, 3.63) is 101 Å². The monoisotopic (exact) mass is 484 g/mol. The molecule has 1 aliphatic rings. The second kappa shape index (κ2) is 8.81. The first kappa shape index (κ1) is 22.5. The van der Waals surface area contributed by atoms with E-state index in [1.54, 1.807) is 54.6 Å². The molecule has 5 rings (SSSR count). The molecule has 1 aromatic heterocycles. The number of aryl methyl sites for hydroxylation is 1. The number of anilines is 1. The predicted molar refractivity (Wildman–Crippen MR) is 133 cm³/mol. The third-order valence-corrected chi connectivity index (χ3v) is 6.90. The molecule has 3 aromatic carbocycles. The summed E-state index contributed by atoms with van der Waals surface area (Å²) in [5.74, 6) is -2.36. The highest BCUT2D eigenvalue weighted by Gasteiger charge is 2.48. The van der Waals surface area contributed by atoms with E-state index in [0.29, 0.717) is 27.3 Å². The fourth-order valence-corrected chi connectivity index (χ4v) is 5.23. The van der Waals surface area contributed by atoms with Crippen LogP contribution in [0.3, 0.4) is 0 Å². The van der Waals surface area contributed by atoms with E-state index in [9.17, 15) is 19.5 Å². The van der Waals surface area contributed by atoms with Crippen LogP contribution in [0.1, 0.15) is 33.1 Å². The average molecular weight is 485 g/mol. The molecule has 174 valence electrons. The van der Waals surface area contributed by atoms with E-state index in [-0.39, 0.29) is 11.3 Å². The van der Waals surface area contributed by atoms with E-state index >= 15 is 0 Å². The van der Waals surface area contributed by atoms with Gasteiger partial charge in [0.15, 0.2) is 5.13 Å². The number of nitrogens with zero attached hydrogens (tertiary/aromatic N) is 2. The zero-order valence-corrected chi connectivity index (χ0v) is 19.7. The van der Waals surface area contributed by atoms with E-state index in [0.717, 1.165) is 10.3 Å². The number of hydrogen-bond acceptors (Lipinski definition) is 7. The lowest BCUT2D eigenvalue weighted by atomic mass is 9.95. The van der Waals surface area contributed by atoms with E-state index < -0.39 is 23.7 Å². The summed E-state index contributed by atoms with van der Waals surface area (Å²) in [4.78, 5) is 44.5. The fourth-order valence-electron chi connectivity index (χ4n) is 4.14. The molecule has 0 bridgehead atoms. The number of aromatic nitrogens is 1. The quantitative estimate of drug-likeness (QED) is 0.189. The third-order valence-electron chi connectivity index (χ3n) is 5.88. The topological polar surface area (TPSA) is 96.8 Å². The molecule has 0 aliphatic carbocycles. The van der Waals surface area contributed by atoms with Crippen molar-refractivity contribution >= 4 is 50.1 Å². The van der Waals surface area contributed by atoms with E-state index in [1.807, 2.05) is 25.1 Å². The number of aliphatic hydroxyl groups is 1. The number of carbonyl (C=O) groups is 3. The second-order valence-corrected chi connectivity index (χ2v) is 9.13. The second-order valence-electron chi connectivity index (χ2n) is 8.12. The molecule has 1 saturated heterocycles. The summed E-state index contributed by atoms with van der Waals surface area (Å²) in [6.07, 6.45) is 0. The fraction of sp³-hybridized carbons (Fsp3) is 0.111. The summed E-state index contributed by atoms with van der Waals surface area (Å²) in [6.45, 7) is 1.97. The molecule has 1 amide bonds. The minimum absolute atomic E-state index is 0.0394. The van der Waals surface area contributed by atoms with Gasteiger partial charge in [0.1, 0.15) is 5.76 Å². The highest BCUT2D eigenvalue weighted by atomic mass is 32.1. The van der Waals surface area contributed by atoms with Crippen molar-refractivity contribution in [2.75, 3.05) is 12.0 Å². The lowest BCUT2D eigenvalue weighted by Crippen LogP contribution is -2.29. The lowest BCUT2D eigenvalue weighted by molar-refractivity contribution is -0.132. The van der Waals surface area contributed by atoms with Crippen LogP contribution >= 0.6 is 11.3 Å². The Morgan fingerprint density at radius 3 is 2.40 bits per heavy atom. The number of methoxy groups -OCH3 is 1. The van der Waals surface area contributed by atoms with Crippen LogP contribution < -0.4 is 4.90 Å². The van der Waals surface area contributed by atoms with Crippen LogP contribution in [0.15, 0.2) is 78.4 Å². The van der Waals surface area contributed by atoms with Gasteiger partial charge >= 0.3 is 11.9 Å². The highest BCUT2D eigenvalue weighted by molar-refractivity contribution is 7.22. The van der Waals surface area contributed by atoms with Gasteiger partial charge in [0.2, 0.25) is 0 Å². The Bertz CT molecular complexity index is 1510. The number of aliphatic hydroxyl groups excluding tert-OH is 1. The molecule has 2 heterocycles. The number of amides is 1. The number of carbonyl (C=O) groups excluding carboxylic acids is 3. The van der Waals surface area contributed by atoms with Gasteiger partial charge in [-0.1, -0.05) is 59.9 Å². The number of thiazole rings is 1. The van der Waals surface area contributed by atoms with E-state index in [1.165, 1.54) is 23.3 Å². The minimum atomic E-state index is -0.927. The molecule has 1 aliphatic heterocycles. The van der Waals surface area contributed by atoms with Crippen LogP contribution in [-0.4, -0.2) is 34.9 Å². The van der Waals surface area contributed by atoms with Crippen LogP contribution in [0.2, 0.25) is 0 Å². The molecule has 0 radical (unpaired) electrons. The Hall–Kier alpha value is -4.30. The Morgan fingerprint density at radius 1 is 1.00 bits per heavy atom. The largest absolute Gasteiger partial charge is 0.507 e. The van der Waals surface area contributed by atoms with Crippen molar-refractivity contribution in [1.29, 1.82) is 0 Å². The molecular formula is C27H20N2O5S. The SMILES string of the molecule is COC(=O)c1ccc([C@H]2C(=C(O)c3ccccc3)C(=O)C(=O)N2c2nc3ccc(C)cc3s2)cc1. The molecule has 1 N–H and O–H groups in total. The first-order chi connectivity index (χ1) is 16.9. The number of Topliss-reactive ketones (excluding diaryl/α,β-unsaturated/α-hetero) is 1. The Kier molecular flexibility index (Phi) is 5.66. The Morgan fingerprint density at radius 2 is 1.71 bits per heavy atom. The van der Waals surface area contributed by atoms with Gasteiger partial charge in [-0.15, -0.1) is 0 Å². The number of rotatable bonds is 4. The number of ketones is 1. The van der Waals surface area contributed by atoms with E-state index in [4.69, 9.17) is 4.74 Å². The number of esters is 1. The van der Waals surface area contributed by atoms with Crippen LogP contribution in [0.5, 0.6) is 0 Å². The van der Waals surface area contributed by atoms with Crippen molar-refractivity contribution in [3.8, 4) is 0 Å². The van der Waals surface area contributed by atoms with Crippen LogP contribution in [0.4, 0.5) is 5.13 Å². The molecule has 1 fully saturated rings. The van der Waals surface area contributed by atoms with Crippen molar-refractivity contribution in [3.63, 3.8) is 0 Å². The summed E-state index contributed by atoms with van der Waals surface area (Å²) in [5, 5.41) is 11.5. The number of benzene rings is 3. The van der Waals surface area contributed by atoms with Gasteiger partial charge in [-0.25, -0.2) is 9.78 Å². The van der Waals surface area contributed by atoms with Gasteiger partial charge in [0, 0.05) is 5.56 Å². The first-order valence-corrected chi connectivity index (χ1v) is 11.6. The van der Waals surface area contributed by atoms with Crippen molar-refractivity contribution in [1.82, 2.24) is 4.98 Å². The summed E-state index contributed by atoms with van der Waals surface area (Å²) < 4.78 is 5.65. The highest BCUT2D eigenvalue weighted by Crippen LogP contribution is 2.44. The van der Waals surface area contributed by atoms with Gasteiger partial charge in [-0.05, 0) is 42.3 Å². The molecule has 1 atom stereocenters. The van der Waals surface area contributed by atoms with Gasteiger partial charge in [0.25, 0.3) is 5.78 Å². The predicted octanol–water partition coefficient (Wildman–Crippen LogP) is 5.02. The molecule has 7 nitrogen and oxygen atoms in total. The lowest BCUT2D eigenvalue weighted by Gasteiger charge is -2.23. The maximum absolute atomic E-state index is 13.3. The van der Waals surface area contributed by atoms with Crippen molar-refractivity contribution in [2.24, 2.45) is 0 Å². The number of hydrogen-bond donors (Lipinski definition) is 1. The van der Waals surface area contributed by atoms with Crippen molar-refractivity contribution in [2.45, 2.75) is 13.0 Å². The first-order valence-electron chi connectivity index (χ1n) is 10.8. The Balaban J connectivity index is 1.71. The molecule has 4 aromatic rings. The average Bonchev–Trinajstić information content (AvgIpc) is 3.41. The molecule has 8 heteroatoms. The van der Waals surface area contributed by atoms with Gasteiger partial charge in [-0.2, -0.15) is 0 Å². The smallest absolute Gasteiger partial charge is 0.337 e. The zero-order chi connectivity index (χ0) is 24.7. The molecule has 0 saturated carbocycles. The third kappa shape index (κ3) is 3.87. The summed E-state index contributed by atoms with van der Waals surface area (Å²) in [7, 11) is 1.29. The van der Waals surface area contributed by atoms with E-state index in [2.05, 4.69) is 4.98 Å². The Labute approximate surface area is 204 Å². The van der Waals surface area contributed by atoms with Gasteiger partial charge in [-0.3, -0.25) is 14.5 Å². The molecule has 35 heavy (non-hydrogen) atoms. The molecule has 0 unspecified atom stereocenters. The maximum Gasteiger partial charge on any atom is 0.337 e. The molecular weight excluding hydrogens is 464 g/mol. The number of ether oxygens (including phenoxy) is 1. The van der Waals surface area contributed by atoms with Crippen molar-refractivity contribution < 1.29 is 24.2 Å².